The predicted octanol–water partition coefficient (Wildman–Crippen LogP) is 5.79. The highest BCUT2D eigenvalue weighted by Crippen LogP contribution is 2.21. The maximum atomic E-state index is 12.8. The van der Waals surface area contributed by atoms with Crippen molar-refractivity contribution in [3.05, 3.63) is 98.7 Å². The second-order valence-corrected chi connectivity index (χ2v) is 8.37. The highest BCUT2D eigenvalue weighted by atomic mass is 35.5. The summed E-state index contributed by atoms with van der Waals surface area (Å²) < 4.78 is 5.52. The Bertz CT molecular complexity index is 1300. The van der Waals surface area contributed by atoms with Gasteiger partial charge in [0, 0.05) is 27.2 Å². The number of aromatic amines is 1. The third kappa shape index (κ3) is 4.98. The summed E-state index contributed by atoms with van der Waals surface area (Å²) in [7, 11) is 0. The second kappa shape index (κ2) is 8.96. The Kier molecular flexibility index (Phi) is 6.11. The third-order valence-electron chi connectivity index (χ3n) is 5.04. The van der Waals surface area contributed by atoms with Crippen LogP contribution in [0.15, 0.2) is 70.1 Å². The van der Waals surface area contributed by atoms with Crippen LogP contribution in [0, 0.1) is 13.8 Å². The highest BCUT2D eigenvalue weighted by molar-refractivity contribution is 7.80. The summed E-state index contributed by atoms with van der Waals surface area (Å²) in [4.78, 5) is 17.7. The third-order valence-corrected chi connectivity index (χ3v) is 5.64. The lowest BCUT2D eigenvalue weighted by molar-refractivity contribution is 0.359. The normalized spacial score (nSPS) is 10.9. The molecule has 0 aliphatic heterocycles. The van der Waals surface area contributed by atoms with Crippen LogP contribution in [-0.2, 0) is 13.1 Å². The molecule has 4 aromatic rings. The van der Waals surface area contributed by atoms with Crippen molar-refractivity contribution < 1.29 is 4.42 Å². The first-order valence-electron chi connectivity index (χ1n) is 9.86. The Hall–Kier alpha value is -3.09. The molecule has 31 heavy (non-hydrogen) atoms. The van der Waals surface area contributed by atoms with Gasteiger partial charge in [0.25, 0.3) is 5.56 Å². The number of anilines is 1. The molecule has 158 valence electrons. The molecule has 0 saturated heterocycles. The van der Waals surface area contributed by atoms with Gasteiger partial charge in [-0.15, -0.1) is 0 Å². The number of nitrogens with zero attached hydrogens (tertiary/aromatic N) is 1. The molecule has 2 aromatic carbocycles. The lowest BCUT2D eigenvalue weighted by atomic mass is 10.0. The highest BCUT2D eigenvalue weighted by Gasteiger charge is 2.16. The number of hydrogen-bond acceptors (Lipinski definition) is 3. The Morgan fingerprint density at radius 3 is 2.71 bits per heavy atom. The molecule has 4 rings (SSSR count). The molecule has 0 unspecified atom stereocenters. The lowest BCUT2D eigenvalue weighted by Crippen LogP contribution is -2.35. The monoisotopic (exact) mass is 451 g/mol. The van der Waals surface area contributed by atoms with Gasteiger partial charge in [-0.2, -0.15) is 0 Å². The van der Waals surface area contributed by atoms with Crippen molar-refractivity contribution in [1.82, 2.24) is 9.88 Å². The molecule has 0 radical (unpaired) electrons. The quantitative estimate of drug-likeness (QED) is 0.376. The summed E-state index contributed by atoms with van der Waals surface area (Å²) in [5.74, 6) is 0.749. The molecule has 0 bridgehead atoms. The van der Waals surface area contributed by atoms with Crippen LogP contribution in [-0.4, -0.2) is 15.0 Å². The van der Waals surface area contributed by atoms with Crippen LogP contribution in [0.5, 0.6) is 0 Å². The van der Waals surface area contributed by atoms with Crippen molar-refractivity contribution in [3.8, 4) is 0 Å². The van der Waals surface area contributed by atoms with E-state index in [2.05, 4.69) is 16.4 Å². The SMILES string of the molecule is Cc1cc(C)c2cc(CN(Cc3ccco3)C(=S)Nc3cccc(Cl)c3)c(=O)[nH]c2c1. The summed E-state index contributed by atoms with van der Waals surface area (Å²) in [5.41, 5.74) is 4.34. The Morgan fingerprint density at radius 2 is 1.97 bits per heavy atom. The average molecular weight is 452 g/mol. The van der Waals surface area contributed by atoms with E-state index in [4.69, 9.17) is 28.2 Å². The molecule has 2 heterocycles. The van der Waals surface area contributed by atoms with Gasteiger partial charge in [-0.3, -0.25) is 4.79 Å². The molecule has 2 N–H and O–H groups in total. The topological polar surface area (TPSA) is 61.3 Å². The van der Waals surface area contributed by atoms with Gasteiger partial charge >= 0.3 is 0 Å². The average Bonchev–Trinajstić information content (AvgIpc) is 3.21. The molecule has 0 aliphatic carbocycles. The summed E-state index contributed by atoms with van der Waals surface area (Å²) in [5, 5.41) is 5.31. The van der Waals surface area contributed by atoms with E-state index in [-0.39, 0.29) is 5.56 Å². The molecule has 0 aliphatic rings. The summed E-state index contributed by atoms with van der Waals surface area (Å²) in [6, 6.07) is 17.1. The van der Waals surface area contributed by atoms with Crippen LogP contribution in [0.3, 0.4) is 0 Å². The van der Waals surface area contributed by atoms with Crippen LogP contribution in [0.4, 0.5) is 5.69 Å². The van der Waals surface area contributed by atoms with E-state index in [1.807, 2.05) is 55.1 Å². The van der Waals surface area contributed by atoms with Crippen molar-refractivity contribution in [2.45, 2.75) is 26.9 Å². The van der Waals surface area contributed by atoms with Crippen LogP contribution in [0.2, 0.25) is 5.02 Å². The van der Waals surface area contributed by atoms with Crippen LogP contribution in [0.1, 0.15) is 22.5 Å². The van der Waals surface area contributed by atoms with Gasteiger partial charge in [-0.1, -0.05) is 23.7 Å². The van der Waals surface area contributed by atoms with Gasteiger partial charge in [-0.05, 0) is 79.7 Å². The van der Waals surface area contributed by atoms with E-state index < -0.39 is 0 Å². The standard InChI is InChI=1S/C24H22ClN3O2S/c1-15-9-16(2)21-11-17(23(29)27-22(21)10-15)13-28(14-20-7-4-8-30-20)24(31)26-19-6-3-5-18(25)12-19/h3-12H,13-14H2,1-2H3,(H,26,31)(H,27,29). The van der Waals surface area contributed by atoms with E-state index in [0.717, 1.165) is 33.5 Å². The lowest BCUT2D eigenvalue weighted by Gasteiger charge is -2.25. The smallest absolute Gasteiger partial charge is 0.253 e. The summed E-state index contributed by atoms with van der Waals surface area (Å²) >= 11 is 11.8. The Labute approximate surface area is 190 Å². The summed E-state index contributed by atoms with van der Waals surface area (Å²) in [6.45, 7) is 4.81. The zero-order chi connectivity index (χ0) is 22.0. The van der Waals surface area contributed by atoms with Crippen molar-refractivity contribution in [1.29, 1.82) is 0 Å². The van der Waals surface area contributed by atoms with Crippen molar-refractivity contribution >= 4 is 45.5 Å². The predicted molar refractivity (Wildman–Crippen MR) is 130 cm³/mol. The van der Waals surface area contributed by atoms with E-state index >= 15 is 0 Å². The number of benzene rings is 2. The number of nitrogens with one attached hydrogen (secondary N) is 2. The maximum Gasteiger partial charge on any atom is 0.253 e. The zero-order valence-corrected chi connectivity index (χ0v) is 18.8. The first-order valence-corrected chi connectivity index (χ1v) is 10.6. The van der Waals surface area contributed by atoms with Gasteiger partial charge in [-0.25, -0.2) is 0 Å². The molecule has 0 fully saturated rings. The number of hydrogen-bond donors (Lipinski definition) is 2. The van der Waals surface area contributed by atoms with E-state index in [1.165, 1.54) is 0 Å². The number of halogens is 1. The van der Waals surface area contributed by atoms with Gasteiger partial charge in [0.05, 0.1) is 19.4 Å². The van der Waals surface area contributed by atoms with E-state index in [0.29, 0.717) is 28.8 Å². The molecule has 0 amide bonds. The zero-order valence-electron chi connectivity index (χ0n) is 17.2. The fourth-order valence-corrected chi connectivity index (χ4v) is 4.04. The van der Waals surface area contributed by atoms with Gasteiger partial charge < -0.3 is 19.6 Å². The van der Waals surface area contributed by atoms with Gasteiger partial charge in [0.1, 0.15) is 5.76 Å². The number of thiocarbonyl (C=S) groups is 1. The number of aromatic nitrogens is 1. The maximum absolute atomic E-state index is 12.8. The fraction of sp³-hybridized carbons (Fsp3) is 0.167. The number of furan rings is 1. The Balaban J connectivity index is 1.66. The molecule has 0 spiro atoms. The van der Waals surface area contributed by atoms with Crippen LogP contribution in [0.25, 0.3) is 10.9 Å². The van der Waals surface area contributed by atoms with Crippen molar-refractivity contribution in [2.24, 2.45) is 0 Å². The first kappa shape index (κ1) is 21.2. The van der Waals surface area contributed by atoms with E-state index in [9.17, 15) is 4.79 Å². The van der Waals surface area contributed by atoms with E-state index in [1.54, 1.807) is 18.4 Å². The fourth-order valence-electron chi connectivity index (χ4n) is 3.60. The Morgan fingerprint density at radius 1 is 1.13 bits per heavy atom. The van der Waals surface area contributed by atoms with Crippen LogP contribution < -0.4 is 10.9 Å². The number of aryl methyl sites for hydroxylation is 2. The number of H-pyrrole nitrogens is 1. The number of rotatable bonds is 5. The minimum absolute atomic E-state index is 0.132. The molecular formula is C24H22ClN3O2S. The van der Waals surface area contributed by atoms with Gasteiger partial charge in [0.15, 0.2) is 5.11 Å². The first-order chi connectivity index (χ1) is 14.9. The molecular weight excluding hydrogens is 430 g/mol. The minimum Gasteiger partial charge on any atom is -0.467 e. The summed E-state index contributed by atoms with van der Waals surface area (Å²) in [6.07, 6.45) is 1.62. The molecule has 0 saturated carbocycles. The molecule has 5 nitrogen and oxygen atoms in total. The largest absolute Gasteiger partial charge is 0.467 e. The van der Waals surface area contributed by atoms with Crippen molar-refractivity contribution in [2.75, 3.05) is 5.32 Å². The molecule has 0 atom stereocenters. The molecule has 7 heteroatoms. The van der Waals surface area contributed by atoms with Crippen LogP contribution >= 0.6 is 23.8 Å². The minimum atomic E-state index is -0.132. The van der Waals surface area contributed by atoms with Crippen molar-refractivity contribution in [3.63, 3.8) is 0 Å². The number of fused-ring (bicyclic) bond motifs is 1. The second-order valence-electron chi connectivity index (χ2n) is 7.54. The number of pyridine rings is 1. The molecule has 2 aromatic heterocycles. The van der Waals surface area contributed by atoms with Gasteiger partial charge in [0.2, 0.25) is 0 Å².